The Bertz CT molecular complexity index is 525. The van der Waals surface area contributed by atoms with E-state index in [0.717, 1.165) is 5.56 Å². The molecule has 0 fully saturated rings. The molecule has 0 saturated carbocycles. The van der Waals surface area contributed by atoms with Crippen LogP contribution in [0.1, 0.15) is 22.0 Å². The molecule has 0 saturated heterocycles. The Hall–Kier alpha value is -1.59. The van der Waals surface area contributed by atoms with Gasteiger partial charge >= 0.3 is 0 Å². The van der Waals surface area contributed by atoms with Crippen LogP contribution in [0.3, 0.4) is 0 Å². The SMILES string of the molecule is NC(CNC(=O)c1ccoc1Br)c1ccccc1. The highest BCUT2D eigenvalue weighted by atomic mass is 79.9. The first kappa shape index (κ1) is 12.9. The third-order valence-electron chi connectivity index (χ3n) is 2.57. The first-order chi connectivity index (χ1) is 8.68. The van der Waals surface area contributed by atoms with E-state index in [9.17, 15) is 4.79 Å². The van der Waals surface area contributed by atoms with Gasteiger partial charge in [0.2, 0.25) is 0 Å². The van der Waals surface area contributed by atoms with Crippen molar-refractivity contribution in [3.05, 3.63) is 58.5 Å². The van der Waals surface area contributed by atoms with E-state index in [0.29, 0.717) is 16.8 Å². The summed E-state index contributed by atoms with van der Waals surface area (Å²) in [5, 5.41) is 2.77. The van der Waals surface area contributed by atoms with Crippen LogP contribution >= 0.6 is 15.9 Å². The maximum absolute atomic E-state index is 11.8. The van der Waals surface area contributed by atoms with Crippen molar-refractivity contribution in [2.45, 2.75) is 6.04 Å². The lowest BCUT2D eigenvalue weighted by molar-refractivity contribution is 0.0949. The fourth-order valence-corrected chi connectivity index (χ4v) is 1.99. The topological polar surface area (TPSA) is 68.3 Å². The minimum atomic E-state index is -0.221. The molecule has 0 aliphatic heterocycles. The maximum Gasteiger partial charge on any atom is 0.255 e. The standard InChI is InChI=1S/C13H13BrN2O2/c14-12-10(6-7-18-12)13(17)16-8-11(15)9-4-2-1-3-5-9/h1-7,11H,8,15H2,(H,16,17). The normalized spacial score (nSPS) is 12.1. The zero-order chi connectivity index (χ0) is 13.0. The van der Waals surface area contributed by atoms with Crippen molar-refractivity contribution in [1.29, 1.82) is 0 Å². The zero-order valence-electron chi connectivity index (χ0n) is 9.60. The van der Waals surface area contributed by atoms with E-state index in [-0.39, 0.29) is 11.9 Å². The average Bonchev–Trinajstić information content (AvgIpc) is 2.83. The van der Waals surface area contributed by atoms with Gasteiger partial charge in [0, 0.05) is 12.6 Å². The summed E-state index contributed by atoms with van der Waals surface area (Å²) in [6.45, 7) is 0.375. The monoisotopic (exact) mass is 308 g/mol. The number of carbonyl (C=O) groups is 1. The molecular formula is C13H13BrN2O2. The number of benzene rings is 1. The predicted molar refractivity (Wildman–Crippen MR) is 72.1 cm³/mol. The Balaban J connectivity index is 1.93. The highest BCUT2D eigenvalue weighted by Gasteiger charge is 2.13. The van der Waals surface area contributed by atoms with Gasteiger partial charge in [-0.1, -0.05) is 30.3 Å². The van der Waals surface area contributed by atoms with Gasteiger partial charge in [-0.05, 0) is 27.6 Å². The molecule has 0 radical (unpaired) electrons. The van der Waals surface area contributed by atoms with Crippen LogP contribution in [0.5, 0.6) is 0 Å². The van der Waals surface area contributed by atoms with Gasteiger partial charge < -0.3 is 15.5 Å². The van der Waals surface area contributed by atoms with Crippen LogP contribution < -0.4 is 11.1 Å². The molecule has 0 aliphatic carbocycles. The Kier molecular flexibility index (Phi) is 4.17. The lowest BCUT2D eigenvalue weighted by Gasteiger charge is -2.12. The molecule has 18 heavy (non-hydrogen) atoms. The van der Waals surface area contributed by atoms with E-state index in [1.807, 2.05) is 30.3 Å². The summed E-state index contributed by atoms with van der Waals surface area (Å²) in [6, 6.07) is 11.0. The molecular weight excluding hydrogens is 296 g/mol. The number of nitrogens with two attached hydrogens (primary N) is 1. The number of nitrogens with one attached hydrogen (secondary N) is 1. The van der Waals surface area contributed by atoms with Gasteiger partial charge in [-0.25, -0.2) is 0 Å². The number of hydrogen-bond acceptors (Lipinski definition) is 3. The molecule has 1 aromatic heterocycles. The second kappa shape index (κ2) is 5.84. The van der Waals surface area contributed by atoms with Gasteiger partial charge in [0.15, 0.2) is 4.67 Å². The van der Waals surface area contributed by atoms with Crippen LogP contribution in [0, 0.1) is 0 Å². The van der Waals surface area contributed by atoms with Gasteiger partial charge in [0.05, 0.1) is 11.8 Å². The Morgan fingerprint density at radius 1 is 1.33 bits per heavy atom. The number of hydrogen-bond donors (Lipinski definition) is 2. The van der Waals surface area contributed by atoms with E-state index < -0.39 is 0 Å². The largest absolute Gasteiger partial charge is 0.457 e. The van der Waals surface area contributed by atoms with Crippen molar-refractivity contribution < 1.29 is 9.21 Å². The second-order valence-corrected chi connectivity index (χ2v) is 4.56. The molecule has 0 bridgehead atoms. The second-order valence-electron chi connectivity index (χ2n) is 3.84. The van der Waals surface area contributed by atoms with Crippen molar-refractivity contribution in [1.82, 2.24) is 5.32 Å². The summed E-state index contributed by atoms with van der Waals surface area (Å²) in [5.41, 5.74) is 7.44. The average molecular weight is 309 g/mol. The van der Waals surface area contributed by atoms with Gasteiger partial charge in [0.25, 0.3) is 5.91 Å². The number of carbonyl (C=O) groups excluding carboxylic acids is 1. The fraction of sp³-hybridized carbons (Fsp3) is 0.154. The smallest absolute Gasteiger partial charge is 0.255 e. The van der Waals surface area contributed by atoms with Crippen molar-refractivity contribution >= 4 is 21.8 Å². The van der Waals surface area contributed by atoms with Gasteiger partial charge in [0.1, 0.15) is 0 Å². The molecule has 2 rings (SSSR count). The number of amides is 1. The molecule has 1 heterocycles. The molecule has 2 aromatic rings. The van der Waals surface area contributed by atoms with E-state index in [4.69, 9.17) is 10.2 Å². The Morgan fingerprint density at radius 3 is 2.67 bits per heavy atom. The van der Waals surface area contributed by atoms with E-state index in [2.05, 4.69) is 21.2 Å². The third-order valence-corrected chi connectivity index (χ3v) is 3.19. The van der Waals surface area contributed by atoms with Crippen molar-refractivity contribution in [3.63, 3.8) is 0 Å². The molecule has 0 aliphatic rings. The first-order valence-corrected chi connectivity index (χ1v) is 6.29. The first-order valence-electron chi connectivity index (χ1n) is 5.50. The Labute approximate surface area is 113 Å². The van der Waals surface area contributed by atoms with E-state index >= 15 is 0 Å². The quantitative estimate of drug-likeness (QED) is 0.911. The Morgan fingerprint density at radius 2 is 2.06 bits per heavy atom. The molecule has 1 amide bonds. The van der Waals surface area contributed by atoms with Crippen LogP contribution in [0.15, 0.2) is 51.7 Å². The van der Waals surface area contributed by atoms with Crippen LogP contribution in [0.25, 0.3) is 0 Å². The van der Waals surface area contributed by atoms with Gasteiger partial charge in [-0.2, -0.15) is 0 Å². The van der Waals surface area contributed by atoms with Gasteiger partial charge in [-0.3, -0.25) is 4.79 Å². The lowest BCUT2D eigenvalue weighted by atomic mass is 10.1. The molecule has 94 valence electrons. The zero-order valence-corrected chi connectivity index (χ0v) is 11.2. The van der Waals surface area contributed by atoms with Crippen LogP contribution in [0.4, 0.5) is 0 Å². The molecule has 1 aromatic carbocycles. The highest BCUT2D eigenvalue weighted by Crippen LogP contribution is 2.17. The minimum absolute atomic E-state index is 0.206. The summed E-state index contributed by atoms with van der Waals surface area (Å²) in [4.78, 5) is 11.8. The lowest BCUT2D eigenvalue weighted by Crippen LogP contribution is -2.31. The fourth-order valence-electron chi connectivity index (χ4n) is 1.57. The number of halogens is 1. The van der Waals surface area contributed by atoms with Crippen LogP contribution in [-0.4, -0.2) is 12.5 Å². The van der Waals surface area contributed by atoms with Crippen LogP contribution in [0.2, 0.25) is 0 Å². The molecule has 4 nitrogen and oxygen atoms in total. The third kappa shape index (κ3) is 3.00. The number of rotatable bonds is 4. The minimum Gasteiger partial charge on any atom is -0.457 e. The van der Waals surface area contributed by atoms with E-state index in [1.54, 1.807) is 6.07 Å². The molecule has 5 heteroatoms. The van der Waals surface area contributed by atoms with Crippen LogP contribution in [-0.2, 0) is 0 Å². The van der Waals surface area contributed by atoms with Crippen molar-refractivity contribution in [3.8, 4) is 0 Å². The molecule has 0 spiro atoms. The molecule has 3 N–H and O–H groups in total. The summed E-state index contributed by atoms with van der Waals surface area (Å²) < 4.78 is 5.43. The highest BCUT2D eigenvalue weighted by molar-refractivity contribution is 9.10. The van der Waals surface area contributed by atoms with Gasteiger partial charge in [-0.15, -0.1) is 0 Å². The van der Waals surface area contributed by atoms with Crippen molar-refractivity contribution in [2.75, 3.05) is 6.54 Å². The predicted octanol–water partition coefficient (Wildman–Crippen LogP) is 2.47. The summed E-state index contributed by atoms with van der Waals surface area (Å²) in [6.07, 6.45) is 1.45. The van der Waals surface area contributed by atoms with E-state index in [1.165, 1.54) is 6.26 Å². The maximum atomic E-state index is 11.8. The number of furan rings is 1. The van der Waals surface area contributed by atoms with Crippen molar-refractivity contribution in [2.24, 2.45) is 5.73 Å². The molecule has 1 atom stereocenters. The summed E-state index contributed by atoms with van der Waals surface area (Å²) >= 11 is 3.16. The molecule has 1 unspecified atom stereocenters. The summed E-state index contributed by atoms with van der Waals surface area (Å²) in [7, 11) is 0. The summed E-state index contributed by atoms with van der Waals surface area (Å²) in [5.74, 6) is -0.206.